The van der Waals surface area contributed by atoms with Gasteiger partial charge in [0.1, 0.15) is 11.9 Å². The highest BCUT2D eigenvalue weighted by Gasteiger charge is 2.76. The summed E-state index contributed by atoms with van der Waals surface area (Å²) in [6.07, 6.45) is 5.09. The summed E-state index contributed by atoms with van der Waals surface area (Å²) in [6.45, 7) is 5.80. The number of aldehydes is 1. The number of rotatable bonds is 3. The number of hydrogen-bond acceptors (Lipinski definition) is 6. The first kappa shape index (κ1) is 19.1. The molecule has 0 radical (unpaired) electrons. The smallest absolute Gasteiger partial charge is 0.167 e. The first-order chi connectivity index (χ1) is 13.8. The first-order valence-corrected chi connectivity index (χ1v) is 10.5. The zero-order valence-electron chi connectivity index (χ0n) is 17.6. The zero-order valence-corrected chi connectivity index (χ0v) is 17.6. The van der Waals surface area contributed by atoms with Gasteiger partial charge in [0, 0.05) is 42.2 Å². The van der Waals surface area contributed by atoms with E-state index in [1.54, 1.807) is 7.11 Å². The van der Waals surface area contributed by atoms with E-state index in [4.69, 9.17) is 4.74 Å². The molecule has 2 N–H and O–H groups in total. The second kappa shape index (κ2) is 5.84. The zero-order chi connectivity index (χ0) is 20.8. The maximum absolute atomic E-state index is 12.4. The van der Waals surface area contributed by atoms with Crippen molar-refractivity contribution in [1.82, 2.24) is 4.90 Å². The average molecular weight is 399 g/mol. The van der Waals surface area contributed by atoms with E-state index in [0.29, 0.717) is 12.7 Å². The molecule has 3 heterocycles. The molecule has 6 heteroatoms. The van der Waals surface area contributed by atoms with Crippen molar-refractivity contribution in [3.63, 3.8) is 0 Å². The van der Waals surface area contributed by atoms with Crippen molar-refractivity contribution in [2.45, 2.75) is 55.9 Å². The van der Waals surface area contributed by atoms with Gasteiger partial charge in [0.15, 0.2) is 11.9 Å². The molecule has 1 saturated heterocycles. The molecule has 0 amide bonds. The van der Waals surface area contributed by atoms with Gasteiger partial charge in [0.05, 0.1) is 13.2 Å². The van der Waals surface area contributed by atoms with Gasteiger partial charge in [-0.2, -0.15) is 0 Å². The van der Waals surface area contributed by atoms with E-state index in [1.807, 2.05) is 31.9 Å². The second-order valence-electron chi connectivity index (χ2n) is 9.32. The minimum atomic E-state index is -1.86. The van der Waals surface area contributed by atoms with Crippen molar-refractivity contribution in [2.75, 3.05) is 32.1 Å². The number of aryl methyl sites for hydroxylation is 1. The van der Waals surface area contributed by atoms with Crippen LogP contribution in [0.3, 0.4) is 0 Å². The number of carbonyl (C=O) groups excluding carboxylic acids is 1. The van der Waals surface area contributed by atoms with Gasteiger partial charge in [-0.05, 0) is 43.5 Å². The van der Waals surface area contributed by atoms with Crippen molar-refractivity contribution >= 4 is 12.0 Å². The molecule has 1 aliphatic carbocycles. The molecular formula is C23H30N2O4. The van der Waals surface area contributed by atoms with Crippen LogP contribution in [-0.2, 0) is 10.2 Å². The Labute approximate surface area is 171 Å². The minimum absolute atomic E-state index is 0.0294. The van der Waals surface area contributed by atoms with Crippen LogP contribution in [0, 0.1) is 12.3 Å². The quantitative estimate of drug-likeness (QED) is 0.592. The molecular weight excluding hydrogens is 368 g/mol. The van der Waals surface area contributed by atoms with Crippen LogP contribution in [0.15, 0.2) is 24.3 Å². The summed E-state index contributed by atoms with van der Waals surface area (Å²) in [5, 5.41) is 23.3. The number of benzene rings is 1. The lowest BCUT2D eigenvalue weighted by Crippen LogP contribution is -2.79. The lowest BCUT2D eigenvalue weighted by Gasteiger charge is -2.62. The van der Waals surface area contributed by atoms with Crippen LogP contribution in [-0.4, -0.2) is 72.4 Å². The number of methoxy groups -OCH3 is 1. The van der Waals surface area contributed by atoms with E-state index in [2.05, 4.69) is 23.1 Å². The summed E-state index contributed by atoms with van der Waals surface area (Å²) < 4.78 is 5.57. The summed E-state index contributed by atoms with van der Waals surface area (Å²) in [5.41, 5.74) is 0.222. The fraction of sp³-hybridized carbons (Fsp3) is 0.609. The van der Waals surface area contributed by atoms with Crippen molar-refractivity contribution in [3.8, 4) is 5.75 Å². The summed E-state index contributed by atoms with van der Waals surface area (Å²) in [5.74, 6) is 0.793. The number of aliphatic hydroxyl groups is 2. The van der Waals surface area contributed by atoms with Crippen LogP contribution in [0.25, 0.3) is 0 Å². The summed E-state index contributed by atoms with van der Waals surface area (Å²) in [4.78, 5) is 16.9. The largest absolute Gasteiger partial charge is 0.496 e. The van der Waals surface area contributed by atoms with E-state index in [1.165, 1.54) is 0 Å². The molecule has 6 nitrogen and oxygen atoms in total. The molecule has 29 heavy (non-hydrogen) atoms. The Hall–Kier alpha value is -1.89. The third-order valence-electron chi connectivity index (χ3n) is 8.40. The fourth-order valence-electron chi connectivity index (χ4n) is 7.37. The highest BCUT2D eigenvalue weighted by Crippen LogP contribution is 2.66. The van der Waals surface area contributed by atoms with Gasteiger partial charge in [-0.15, -0.1) is 0 Å². The molecule has 0 bridgehead atoms. The molecule has 1 spiro atoms. The third kappa shape index (κ3) is 1.91. The number of carbonyl (C=O) groups is 1. The molecule has 3 aliphatic heterocycles. The molecule has 1 saturated carbocycles. The van der Waals surface area contributed by atoms with Gasteiger partial charge in [-0.1, -0.05) is 19.1 Å². The lowest BCUT2D eigenvalue weighted by molar-refractivity contribution is -0.193. The molecule has 6 atom stereocenters. The fourth-order valence-corrected chi connectivity index (χ4v) is 7.37. The van der Waals surface area contributed by atoms with Gasteiger partial charge in [-0.25, -0.2) is 0 Å². The van der Waals surface area contributed by atoms with Gasteiger partial charge < -0.3 is 19.8 Å². The summed E-state index contributed by atoms with van der Waals surface area (Å²) >= 11 is 0. The normalized spacial score (nSPS) is 42.4. The number of fused-ring (bicyclic) bond motifs is 1. The summed E-state index contributed by atoms with van der Waals surface area (Å²) in [6, 6.07) is 3.70. The van der Waals surface area contributed by atoms with Gasteiger partial charge in [-0.3, -0.25) is 9.69 Å². The molecule has 0 aromatic heterocycles. The number of ether oxygens (including phenoxy) is 1. The Bertz CT molecular complexity index is 916. The van der Waals surface area contributed by atoms with Crippen LogP contribution in [0.5, 0.6) is 5.75 Å². The predicted molar refractivity (Wildman–Crippen MR) is 110 cm³/mol. The van der Waals surface area contributed by atoms with Gasteiger partial charge in [0.25, 0.3) is 0 Å². The van der Waals surface area contributed by atoms with Gasteiger partial charge in [0.2, 0.25) is 0 Å². The molecule has 156 valence electrons. The Morgan fingerprint density at radius 2 is 2.10 bits per heavy atom. The number of hydrogen-bond donors (Lipinski definition) is 2. The van der Waals surface area contributed by atoms with Crippen LogP contribution in [0.4, 0.5) is 5.69 Å². The highest BCUT2D eigenvalue weighted by molar-refractivity contribution is 5.78. The standard InChI is InChI=1S/C23H30N2O4/c1-5-21-7-6-9-25-10-8-22(18(21)25)15-11-14(2)17(29-4)12-16(15)24(3)19(22)23(28,13-26)20(21)27/h6-7,11-13,18-20,27-28H,5,8-10H2,1-4H3/t18?,19?,20-,21?,22?,23+/m1/s1. The summed E-state index contributed by atoms with van der Waals surface area (Å²) in [7, 11) is 3.58. The molecule has 4 unspecified atom stereocenters. The van der Waals surface area contributed by atoms with Crippen molar-refractivity contribution in [1.29, 1.82) is 0 Å². The Morgan fingerprint density at radius 1 is 1.34 bits per heavy atom. The molecule has 2 fully saturated rings. The first-order valence-electron chi connectivity index (χ1n) is 10.5. The van der Waals surface area contributed by atoms with Crippen molar-refractivity contribution in [3.05, 3.63) is 35.4 Å². The number of aliphatic hydroxyl groups excluding tert-OH is 1. The number of likely N-dealkylation sites (N-methyl/N-ethyl adjacent to an activating group) is 1. The van der Waals surface area contributed by atoms with Crippen LogP contribution in [0.2, 0.25) is 0 Å². The lowest BCUT2D eigenvalue weighted by atomic mass is 9.48. The van der Waals surface area contributed by atoms with E-state index >= 15 is 0 Å². The van der Waals surface area contributed by atoms with Crippen LogP contribution >= 0.6 is 0 Å². The number of anilines is 1. The Kier molecular flexibility index (Phi) is 3.84. The van der Waals surface area contributed by atoms with E-state index in [9.17, 15) is 15.0 Å². The topological polar surface area (TPSA) is 73.2 Å². The Balaban J connectivity index is 1.86. The predicted octanol–water partition coefficient (Wildman–Crippen LogP) is 1.40. The second-order valence-corrected chi connectivity index (χ2v) is 9.32. The maximum Gasteiger partial charge on any atom is 0.167 e. The molecule has 4 aliphatic rings. The van der Waals surface area contributed by atoms with Crippen LogP contribution < -0.4 is 9.64 Å². The number of nitrogens with zero attached hydrogens (tertiary/aromatic N) is 2. The monoisotopic (exact) mass is 398 g/mol. The van der Waals surface area contributed by atoms with E-state index in [0.717, 1.165) is 42.1 Å². The molecule has 5 rings (SSSR count). The van der Waals surface area contributed by atoms with Crippen molar-refractivity contribution < 1.29 is 19.7 Å². The van der Waals surface area contributed by atoms with E-state index < -0.39 is 28.6 Å². The van der Waals surface area contributed by atoms with Crippen molar-refractivity contribution in [2.24, 2.45) is 5.41 Å². The Morgan fingerprint density at radius 3 is 2.76 bits per heavy atom. The average Bonchev–Trinajstić information content (AvgIpc) is 3.23. The molecule has 1 aromatic carbocycles. The van der Waals surface area contributed by atoms with Gasteiger partial charge >= 0.3 is 0 Å². The third-order valence-corrected chi connectivity index (χ3v) is 8.40. The SMILES string of the molecule is CCC12C=CCN3CCC4(c5cc(C)c(OC)cc5N(C)C4[C@@](O)(C=O)[C@@H]1O)C32. The molecule has 1 aromatic rings. The minimum Gasteiger partial charge on any atom is -0.496 e. The highest BCUT2D eigenvalue weighted by atomic mass is 16.5. The maximum atomic E-state index is 12.4. The van der Waals surface area contributed by atoms with E-state index in [-0.39, 0.29) is 6.04 Å². The van der Waals surface area contributed by atoms with Crippen LogP contribution in [0.1, 0.15) is 30.9 Å².